The van der Waals surface area contributed by atoms with E-state index in [4.69, 9.17) is 16.3 Å². The van der Waals surface area contributed by atoms with E-state index < -0.39 is 10.0 Å². The largest absolute Gasteiger partial charge is 0.378 e. The predicted molar refractivity (Wildman–Crippen MR) is 108 cm³/mol. The van der Waals surface area contributed by atoms with Crippen LogP contribution in [0.5, 0.6) is 0 Å². The van der Waals surface area contributed by atoms with Crippen molar-refractivity contribution in [2.75, 3.05) is 32.8 Å². The van der Waals surface area contributed by atoms with Gasteiger partial charge in [-0.25, -0.2) is 8.42 Å². The Bertz CT molecular complexity index is 925. The molecule has 0 aliphatic carbocycles. The number of benzene rings is 2. The molecule has 0 radical (unpaired) electrons. The third-order valence-corrected chi connectivity index (χ3v) is 6.62. The lowest BCUT2D eigenvalue weighted by molar-refractivity contribution is -0.135. The number of rotatable bonds is 6. The van der Waals surface area contributed by atoms with Crippen molar-refractivity contribution < 1.29 is 17.9 Å². The monoisotopic (exact) mass is 422 g/mol. The van der Waals surface area contributed by atoms with E-state index in [1.165, 1.54) is 4.31 Å². The number of aryl methyl sites for hydroxylation is 1. The zero-order valence-electron chi connectivity index (χ0n) is 15.7. The molecule has 2 aromatic rings. The van der Waals surface area contributed by atoms with Gasteiger partial charge in [0, 0.05) is 24.7 Å². The van der Waals surface area contributed by atoms with Crippen molar-refractivity contribution in [1.82, 2.24) is 9.21 Å². The summed E-state index contributed by atoms with van der Waals surface area (Å²) in [4.78, 5) is 14.5. The molecular formula is C20H23ClN2O4S. The zero-order chi connectivity index (χ0) is 20.1. The molecule has 0 N–H and O–H groups in total. The fraction of sp³-hybridized carbons (Fsp3) is 0.350. The lowest BCUT2D eigenvalue weighted by atomic mass is 10.2. The van der Waals surface area contributed by atoms with Crippen molar-refractivity contribution in [2.45, 2.75) is 18.4 Å². The number of hydrogen-bond acceptors (Lipinski definition) is 4. The molecule has 6 nitrogen and oxygen atoms in total. The van der Waals surface area contributed by atoms with Crippen molar-refractivity contribution >= 4 is 27.5 Å². The number of amides is 1. The molecule has 1 heterocycles. The molecule has 1 aliphatic heterocycles. The lowest BCUT2D eigenvalue weighted by Gasteiger charge is -2.29. The number of hydrogen-bond donors (Lipinski definition) is 0. The second kappa shape index (κ2) is 9.05. The van der Waals surface area contributed by atoms with Gasteiger partial charge in [0.1, 0.15) is 0 Å². The van der Waals surface area contributed by atoms with E-state index >= 15 is 0 Å². The smallest absolute Gasteiger partial charge is 0.243 e. The van der Waals surface area contributed by atoms with Crippen LogP contribution < -0.4 is 0 Å². The van der Waals surface area contributed by atoms with Gasteiger partial charge in [0.25, 0.3) is 0 Å². The number of carbonyl (C=O) groups excluding carboxylic acids is 1. The minimum absolute atomic E-state index is 0.0624. The molecule has 2 aromatic carbocycles. The number of ether oxygens (including phenoxy) is 1. The summed E-state index contributed by atoms with van der Waals surface area (Å²) in [6.45, 7) is 3.58. The first kappa shape index (κ1) is 20.8. The summed E-state index contributed by atoms with van der Waals surface area (Å²) in [6, 6.07) is 13.6. The van der Waals surface area contributed by atoms with Crippen molar-refractivity contribution in [1.29, 1.82) is 0 Å². The highest BCUT2D eigenvalue weighted by atomic mass is 35.5. The average molecular weight is 423 g/mol. The Hall–Kier alpha value is -1.93. The van der Waals surface area contributed by atoms with Crippen LogP contribution in [0.4, 0.5) is 0 Å². The second-order valence-corrected chi connectivity index (χ2v) is 9.08. The van der Waals surface area contributed by atoms with E-state index in [9.17, 15) is 13.2 Å². The van der Waals surface area contributed by atoms with E-state index in [2.05, 4.69) is 0 Å². The Morgan fingerprint density at radius 1 is 1.14 bits per heavy atom. The quantitative estimate of drug-likeness (QED) is 0.717. The summed E-state index contributed by atoms with van der Waals surface area (Å²) in [6.07, 6.45) is 0. The molecule has 1 amide bonds. The second-order valence-electron chi connectivity index (χ2n) is 6.71. The number of carbonyl (C=O) groups is 1. The molecule has 0 unspecified atom stereocenters. The number of sulfonamides is 1. The molecule has 3 rings (SSSR count). The molecular weight excluding hydrogens is 400 g/mol. The summed E-state index contributed by atoms with van der Waals surface area (Å²) in [5.74, 6) is -0.235. The maximum Gasteiger partial charge on any atom is 0.243 e. The summed E-state index contributed by atoms with van der Waals surface area (Å²) in [7, 11) is -3.85. The van der Waals surface area contributed by atoms with E-state index in [1.807, 2.05) is 6.92 Å². The summed E-state index contributed by atoms with van der Waals surface area (Å²) in [5, 5.41) is 0.518. The SMILES string of the molecule is Cc1ccc(S(=O)(=O)N(CC(=O)N2CCOCC2)Cc2cccc(Cl)c2)cc1. The molecule has 28 heavy (non-hydrogen) atoms. The fourth-order valence-corrected chi connectivity index (χ4v) is 4.58. The Morgan fingerprint density at radius 2 is 1.82 bits per heavy atom. The maximum absolute atomic E-state index is 13.2. The van der Waals surface area contributed by atoms with E-state index in [0.717, 1.165) is 11.1 Å². The highest BCUT2D eigenvalue weighted by molar-refractivity contribution is 7.89. The molecule has 0 saturated carbocycles. The van der Waals surface area contributed by atoms with Crippen LogP contribution in [0.3, 0.4) is 0 Å². The minimum atomic E-state index is -3.85. The Balaban J connectivity index is 1.88. The van der Waals surface area contributed by atoms with Gasteiger partial charge >= 0.3 is 0 Å². The molecule has 150 valence electrons. The van der Waals surface area contributed by atoms with Crippen molar-refractivity contribution in [3.8, 4) is 0 Å². The van der Waals surface area contributed by atoms with Gasteiger partial charge in [-0.2, -0.15) is 4.31 Å². The third kappa shape index (κ3) is 5.11. The van der Waals surface area contributed by atoms with E-state index in [1.54, 1.807) is 53.4 Å². The van der Waals surface area contributed by atoms with Crippen LogP contribution in [-0.4, -0.2) is 56.4 Å². The molecule has 0 aromatic heterocycles. The van der Waals surface area contributed by atoms with Gasteiger partial charge in [0.2, 0.25) is 15.9 Å². The summed E-state index contributed by atoms with van der Waals surface area (Å²) in [5.41, 5.74) is 1.68. The summed E-state index contributed by atoms with van der Waals surface area (Å²) >= 11 is 6.05. The Labute approximate surface area is 170 Å². The predicted octanol–water partition coefficient (Wildman–Crippen LogP) is 2.70. The van der Waals surface area contributed by atoms with Gasteiger partial charge in [-0.05, 0) is 36.8 Å². The van der Waals surface area contributed by atoms with Gasteiger partial charge in [-0.15, -0.1) is 0 Å². The Kier molecular flexibility index (Phi) is 6.72. The molecule has 1 fully saturated rings. The maximum atomic E-state index is 13.2. The highest BCUT2D eigenvalue weighted by Gasteiger charge is 2.29. The van der Waals surface area contributed by atoms with Crippen molar-refractivity contribution in [3.63, 3.8) is 0 Å². The first-order chi connectivity index (χ1) is 13.4. The number of morpholine rings is 1. The average Bonchev–Trinajstić information content (AvgIpc) is 2.68. The topological polar surface area (TPSA) is 66.9 Å². The van der Waals surface area contributed by atoms with Crippen LogP contribution in [-0.2, 0) is 26.1 Å². The van der Waals surface area contributed by atoms with Crippen LogP contribution >= 0.6 is 11.6 Å². The van der Waals surface area contributed by atoms with Crippen LogP contribution in [0.25, 0.3) is 0 Å². The number of nitrogens with zero attached hydrogens (tertiary/aromatic N) is 2. The van der Waals surface area contributed by atoms with Gasteiger partial charge in [0.05, 0.1) is 24.7 Å². The summed E-state index contributed by atoms with van der Waals surface area (Å²) < 4.78 is 33.0. The molecule has 0 atom stereocenters. The molecule has 1 aliphatic rings. The van der Waals surface area contributed by atoms with E-state index in [-0.39, 0.29) is 23.9 Å². The van der Waals surface area contributed by atoms with E-state index in [0.29, 0.717) is 31.3 Å². The first-order valence-electron chi connectivity index (χ1n) is 9.03. The molecule has 8 heteroatoms. The normalized spacial score (nSPS) is 15.0. The number of halogens is 1. The molecule has 1 saturated heterocycles. The van der Waals surface area contributed by atoms with Crippen LogP contribution in [0, 0.1) is 6.92 Å². The molecule has 0 bridgehead atoms. The van der Waals surface area contributed by atoms with Gasteiger partial charge < -0.3 is 9.64 Å². The van der Waals surface area contributed by atoms with Crippen LogP contribution in [0.2, 0.25) is 5.02 Å². The zero-order valence-corrected chi connectivity index (χ0v) is 17.2. The van der Waals surface area contributed by atoms with Gasteiger partial charge in [0.15, 0.2) is 0 Å². The van der Waals surface area contributed by atoms with Crippen molar-refractivity contribution in [3.05, 3.63) is 64.7 Å². The lowest BCUT2D eigenvalue weighted by Crippen LogP contribution is -2.46. The minimum Gasteiger partial charge on any atom is -0.378 e. The first-order valence-corrected chi connectivity index (χ1v) is 10.8. The van der Waals surface area contributed by atoms with Gasteiger partial charge in [-0.3, -0.25) is 4.79 Å². The van der Waals surface area contributed by atoms with Crippen molar-refractivity contribution in [2.24, 2.45) is 0 Å². The standard InChI is InChI=1S/C20H23ClN2O4S/c1-16-5-7-19(8-6-16)28(25,26)23(14-17-3-2-4-18(21)13-17)15-20(24)22-9-11-27-12-10-22/h2-8,13H,9-12,14-15H2,1H3. The third-order valence-electron chi connectivity index (χ3n) is 4.58. The Morgan fingerprint density at radius 3 is 2.46 bits per heavy atom. The van der Waals surface area contributed by atoms with Crippen LogP contribution in [0.15, 0.2) is 53.4 Å². The fourth-order valence-electron chi connectivity index (χ4n) is 2.99. The highest BCUT2D eigenvalue weighted by Crippen LogP contribution is 2.21. The molecule has 0 spiro atoms. The van der Waals surface area contributed by atoms with Crippen LogP contribution in [0.1, 0.15) is 11.1 Å². The van der Waals surface area contributed by atoms with Gasteiger partial charge in [-0.1, -0.05) is 41.4 Å².